The van der Waals surface area contributed by atoms with Gasteiger partial charge in [-0.25, -0.2) is 4.39 Å². The van der Waals surface area contributed by atoms with Crippen LogP contribution >= 0.6 is 23.2 Å². The lowest BCUT2D eigenvalue weighted by Gasteiger charge is -2.38. The van der Waals surface area contributed by atoms with Gasteiger partial charge >= 0.3 is 5.97 Å². The van der Waals surface area contributed by atoms with Crippen molar-refractivity contribution in [3.63, 3.8) is 0 Å². The Morgan fingerprint density at radius 2 is 1.97 bits per heavy atom. The number of pyridine rings is 1. The third kappa shape index (κ3) is 6.16. The molecule has 1 aromatic heterocycles. The molecule has 2 aromatic carbocycles. The molecule has 2 N–H and O–H groups in total. The van der Waals surface area contributed by atoms with Crippen LogP contribution in [0.1, 0.15) is 42.9 Å². The van der Waals surface area contributed by atoms with Crippen LogP contribution in [0.3, 0.4) is 0 Å². The molecule has 194 valence electrons. The van der Waals surface area contributed by atoms with Gasteiger partial charge in [0.1, 0.15) is 11.6 Å². The van der Waals surface area contributed by atoms with E-state index < -0.39 is 23.3 Å². The molecular weight excluding hydrogens is 518 g/mol. The van der Waals surface area contributed by atoms with Crippen molar-refractivity contribution in [1.82, 2.24) is 9.88 Å². The number of aliphatic hydroxyl groups is 1. The molecule has 37 heavy (non-hydrogen) atoms. The van der Waals surface area contributed by atoms with Crippen LogP contribution in [0.5, 0.6) is 5.75 Å². The second-order valence-corrected chi connectivity index (χ2v) is 10.1. The van der Waals surface area contributed by atoms with Gasteiger partial charge in [0.15, 0.2) is 0 Å². The first kappa shape index (κ1) is 27.2. The summed E-state index contributed by atoms with van der Waals surface area (Å²) in [6.45, 7) is 1.56. The maximum atomic E-state index is 13.6. The third-order valence-electron chi connectivity index (χ3n) is 7.02. The summed E-state index contributed by atoms with van der Waals surface area (Å²) in [7, 11) is 1.56. The number of aromatic nitrogens is 1. The van der Waals surface area contributed by atoms with E-state index in [2.05, 4.69) is 21.7 Å². The minimum atomic E-state index is -0.954. The summed E-state index contributed by atoms with van der Waals surface area (Å²) in [6.07, 6.45) is 1.96. The molecule has 1 atom stereocenters. The van der Waals surface area contributed by atoms with Crippen molar-refractivity contribution in [2.24, 2.45) is 5.41 Å². The van der Waals surface area contributed by atoms with E-state index in [-0.39, 0.29) is 11.4 Å². The second kappa shape index (κ2) is 11.7. The summed E-state index contributed by atoms with van der Waals surface area (Å²) in [5.41, 5.74) is 0.783. The molecule has 0 unspecified atom stereocenters. The zero-order valence-corrected chi connectivity index (χ0v) is 21.8. The van der Waals surface area contributed by atoms with Gasteiger partial charge in [-0.2, -0.15) is 0 Å². The number of ether oxygens (including phenoxy) is 1. The van der Waals surface area contributed by atoms with Crippen molar-refractivity contribution in [1.29, 1.82) is 0 Å². The van der Waals surface area contributed by atoms with Gasteiger partial charge in [0.2, 0.25) is 0 Å². The van der Waals surface area contributed by atoms with Crippen LogP contribution in [0.4, 0.5) is 4.39 Å². The quantitative estimate of drug-likeness (QED) is 0.370. The zero-order valence-electron chi connectivity index (χ0n) is 20.3. The highest BCUT2D eigenvalue weighted by Gasteiger charge is 2.41. The molecule has 1 saturated heterocycles. The lowest BCUT2D eigenvalue weighted by atomic mass is 9.74. The van der Waals surface area contributed by atoms with Crippen LogP contribution < -0.4 is 4.74 Å². The number of fused-ring (bicyclic) bond motifs is 1. The van der Waals surface area contributed by atoms with Gasteiger partial charge < -0.3 is 14.9 Å². The predicted octanol–water partition coefficient (Wildman–Crippen LogP) is 5.72. The van der Waals surface area contributed by atoms with E-state index in [9.17, 15) is 19.4 Å². The van der Waals surface area contributed by atoms with Gasteiger partial charge in [0.05, 0.1) is 40.7 Å². The number of aliphatic carboxylic acids is 1. The van der Waals surface area contributed by atoms with E-state index in [1.165, 1.54) is 18.3 Å². The number of hydrogen-bond donors (Lipinski definition) is 2. The molecule has 0 aliphatic carbocycles. The van der Waals surface area contributed by atoms with Crippen molar-refractivity contribution in [3.8, 4) is 17.6 Å². The Morgan fingerprint density at radius 3 is 2.65 bits per heavy atom. The molecule has 0 bridgehead atoms. The molecule has 0 amide bonds. The topological polar surface area (TPSA) is 82.9 Å². The summed E-state index contributed by atoms with van der Waals surface area (Å²) in [5.74, 6) is 5.18. The number of benzene rings is 2. The monoisotopic (exact) mass is 544 g/mol. The second-order valence-electron chi connectivity index (χ2n) is 9.25. The number of carboxylic acids is 1. The van der Waals surface area contributed by atoms with E-state index in [1.807, 2.05) is 0 Å². The highest BCUT2D eigenvalue weighted by molar-refractivity contribution is 6.32. The number of halogens is 3. The van der Waals surface area contributed by atoms with E-state index in [0.29, 0.717) is 71.7 Å². The first-order valence-corrected chi connectivity index (χ1v) is 12.7. The summed E-state index contributed by atoms with van der Waals surface area (Å²) in [5, 5.41) is 22.2. The van der Waals surface area contributed by atoms with Gasteiger partial charge in [-0.05, 0) is 62.1 Å². The minimum Gasteiger partial charge on any atom is -0.497 e. The summed E-state index contributed by atoms with van der Waals surface area (Å²) >= 11 is 12.1. The maximum Gasteiger partial charge on any atom is 0.309 e. The van der Waals surface area contributed by atoms with Crippen molar-refractivity contribution < 1.29 is 24.1 Å². The van der Waals surface area contributed by atoms with Gasteiger partial charge in [-0.1, -0.05) is 35.0 Å². The van der Waals surface area contributed by atoms with E-state index in [1.54, 1.807) is 31.4 Å². The lowest BCUT2D eigenvalue weighted by molar-refractivity contribution is -0.153. The van der Waals surface area contributed by atoms with Gasteiger partial charge in [-0.15, -0.1) is 0 Å². The normalized spacial score (nSPS) is 16.1. The van der Waals surface area contributed by atoms with Crippen molar-refractivity contribution in [2.45, 2.75) is 31.8 Å². The number of piperidine rings is 1. The Balaban J connectivity index is 1.41. The predicted molar refractivity (Wildman–Crippen MR) is 142 cm³/mol. The number of rotatable bonds is 7. The average molecular weight is 545 g/mol. The number of carboxylic acid groups (broad SMARTS) is 1. The molecule has 1 fully saturated rings. The van der Waals surface area contributed by atoms with Crippen molar-refractivity contribution in [3.05, 3.63) is 69.6 Å². The number of hydrogen-bond acceptors (Lipinski definition) is 5. The maximum absolute atomic E-state index is 13.6. The first-order chi connectivity index (χ1) is 17.7. The van der Waals surface area contributed by atoms with Crippen LogP contribution in [0, 0.1) is 23.1 Å². The zero-order chi connectivity index (χ0) is 26.6. The third-order valence-corrected chi connectivity index (χ3v) is 7.63. The van der Waals surface area contributed by atoms with Crippen molar-refractivity contribution in [2.75, 3.05) is 26.7 Å². The Morgan fingerprint density at radius 1 is 1.22 bits per heavy atom. The summed E-state index contributed by atoms with van der Waals surface area (Å²) in [4.78, 5) is 18.7. The molecule has 0 radical (unpaired) electrons. The number of carbonyl (C=O) groups is 1. The van der Waals surface area contributed by atoms with Gasteiger partial charge in [0, 0.05) is 35.8 Å². The Bertz CT molecular complexity index is 1360. The molecule has 0 saturated carbocycles. The molecule has 2 heterocycles. The number of methoxy groups -OCH3 is 1. The number of likely N-dealkylation sites (tertiary alicyclic amines) is 1. The molecule has 1 aliphatic heterocycles. The Hall–Kier alpha value is -2.89. The smallest absolute Gasteiger partial charge is 0.309 e. The molecule has 4 rings (SSSR count). The fraction of sp³-hybridized carbons (Fsp3) is 0.357. The molecule has 3 aromatic rings. The molecule has 6 nitrogen and oxygen atoms in total. The Kier molecular flexibility index (Phi) is 8.56. The minimum absolute atomic E-state index is 0.0517. The molecule has 9 heteroatoms. The average Bonchev–Trinajstić information content (AvgIpc) is 2.89. The van der Waals surface area contributed by atoms with Gasteiger partial charge in [0.25, 0.3) is 0 Å². The van der Waals surface area contributed by atoms with E-state index in [0.717, 1.165) is 0 Å². The van der Waals surface area contributed by atoms with Crippen LogP contribution in [-0.2, 0) is 4.79 Å². The molecular formula is C28H27Cl2FN2O4. The van der Waals surface area contributed by atoms with Crippen LogP contribution in [-0.4, -0.2) is 52.8 Å². The first-order valence-electron chi connectivity index (χ1n) is 11.9. The SMILES string of the molecule is COc1ccc2ncc(Cl)c([C@@H](O)CCC3(C(=O)O)CCN(CC#Cc4ccc(Cl)c(F)c4)CC3)c2c1. The van der Waals surface area contributed by atoms with Crippen LogP contribution in [0.25, 0.3) is 10.9 Å². The molecule has 0 spiro atoms. The number of nitrogens with zero attached hydrogens (tertiary/aromatic N) is 2. The van der Waals surface area contributed by atoms with E-state index in [4.69, 9.17) is 27.9 Å². The van der Waals surface area contributed by atoms with E-state index >= 15 is 0 Å². The highest BCUT2D eigenvalue weighted by Crippen LogP contribution is 2.41. The standard InChI is InChI=1S/C28H27Cl2FN2O4/c1-37-19-5-7-24-20(16-19)26(22(30)17-32-24)25(34)8-9-28(27(35)36)10-13-33(14-11-28)12-2-3-18-4-6-21(29)23(31)15-18/h4-7,15-17,25,34H,8-14H2,1H3,(H,35,36)/t25-/m0/s1. The van der Waals surface area contributed by atoms with Crippen LogP contribution in [0.2, 0.25) is 10.0 Å². The largest absolute Gasteiger partial charge is 0.497 e. The van der Waals surface area contributed by atoms with Crippen molar-refractivity contribution >= 4 is 40.1 Å². The van der Waals surface area contributed by atoms with Crippen LogP contribution in [0.15, 0.2) is 42.6 Å². The Labute approximate surface area is 225 Å². The summed E-state index contributed by atoms with van der Waals surface area (Å²) in [6, 6.07) is 9.77. The molecule has 1 aliphatic rings. The highest BCUT2D eigenvalue weighted by atomic mass is 35.5. The lowest BCUT2D eigenvalue weighted by Crippen LogP contribution is -2.44. The fourth-order valence-corrected chi connectivity index (χ4v) is 5.12. The fourth-order valence-electron chi connectivity index (χ4n) is 4.73. The van der Waals surface area contributed by atoms with Gasteiger partial charge in [-0.3, -0.25) is 14.7 Å². The number of aliphatic hydroxyl groups excluding tert-OH is 1. The summed E-state index contributed by atoms with van der Waals surface area (Å²) < 4.78 is 18.9.